The van der Waals surface area contributed by atoms with Gasteiger partial charge in [0.2, 0.25) is 0 Å². The summed E-state index contributed by atoms with van der Waals surface area (Å²) in [6.45, 7) is 14.2. The van der Waals surface area contributed by atoms with Crippen LogP contribution in [0.3, 0.4) is 0 Å². The fraction of sp³-hybridized carbons (Fsp3) is 0.708. The molecular formula is C24H42N6O2. The zero-order chi connectivity index (χ0) is 23.6. The van der Waals surface area contributed by atoms with Gasteiger partial charge in [0.05, 0.1) is 6.54 Å². The molecule has 8 heteroatoms. The predicted molar refractivity (Wildman–Crippen MR) is 130 cm³/mol. The van der Waals surface area contributed by atoms with Crippen molar-refractivity contribution in [2.45, 2.75) is 78.1 Å². The SMILES string of the molecule is CN=C(NCCCN(Cc1cccnc1)C(=O)OC(C)(C)C)NC1CCN(C(C)C)CC1. The van der Waals surface area contributed by atoms with Gasteiger partial charge < -0.3 is 25.2 Å². The first-order chi connectivity index (χ1) is 15.2. The number of piperidine rings is 1. The Labute approximate surface area is 193 Å². The highest BCUT2D eigenvalue weighted by Crippen LogP contribution is 2.14. The number of amides is 1. The minimum Gasteiger partial charge on any atom is -0.444 e. The maximum absolute atomic E-state index is 12.7. The molecular weight excluding hydrogens is 404 g/mol. The highest BCUT2D eigenvalue weighted by molar-refractivity contribution is 5.79. The van der Waals surface area contributed by atoms with E-state index in [1.807, 2.05) is 32.9 Å². The third kappa shape index (κ3) is 9.42. The second-order valence-corrected chi connectivity index (χ2v) is 9.66. The molecule has 2 heterocycles. The first-order valence-electron chi connectivity index (χ1n) is 11.8. The number of hydrogen-bond acceptors (Lipinski definition) is 5. The minimum absolute atomic E-state index is 0.305. The first-order valence-corrected chi connectivity index (χ1v) is 11.8. The Balaban J connectivity index is 1.80. The Bertz CT molecular complexity index is 709. The molecule has 2 N–H and O–H groups in total. The van der Waals surface area contributed by atoms with Gasteiger partial charge in [-0.1, -0.05) is 6.07 Å². The molecule has 32 heavy (non-hydrogen) atoms. The van der Waals surface area contributed by atoms with E-state index >= 15 is 0 Å². The quantitative estimate of drug-likeness (QED) is 0.362. The second-order valence-electron chi connectivity index (χ2n) is 9.66. The predicted octanol–water partition coefficient (Wildman–Crippen LogP) is 3.25. The van der Waals surface area contributed by atoms with Crippen LogP contribution in [-0.2, 0) is 11.3 Å². The summed E-state index contributed by atoms with van der Waals surface area (Å²) in [7, 11) is 1.80. The Morgan fingerprint density at radius 2 is 2.06 bits per heavy atom. The number of aromatic nitrogens is 1. The molecule has 2 rings (SSSR count). The van der Waals surface area contributed by atoms with E-state index in [1.54, 1.807) is 24.3 Å². The molecule has 0 saturated carbocycles. The van der Waals surface area contributed by atoms with Crippen LogP contribution >= 0.6 is 0 Å². The van der Waals surface area contributed by atoms with Gasteiger partial charge in [0.25, 0.3) is 0 Å². The van der Waals surface area contributed by atoms with E-state index in [0.29, 0.717) is 25.2 Å². The second kappa shape index (κ2) is 12.6. The first kappa shape index (κ1) is 25.9. The maximum Gasteiger partial charge on any atom is 0.410 e. The number of ether oxygens (including phenoxy) is 1. The summed E-state index contributed by atoms with van der Waals surface area (Å²) in [4.78, 5) is 25.5. The van der Waals surface area contributed by atoms with E-state index in [2.05, 4.69) is 39.4 Å². The monoisotopic (exact) mass is 446 g/mol. The normalized spacial score (nSPS) is 16.2. The zero-order valence-corrected chi connectivity index (χ0v) is 20.7. The summed E-state index contributed by atoms with van der Waals surface area (Å²) in [6.07, 6.45) is 6.24. The number of nitrogens with one attached hydrogen (secondary N) is 2. The maximum atomic E-state index is 12.7. The van der Waals surface area contributed by atoms with Crippen LogP contribution in [0.4, 0.5) is 4.79 Å². The van der Waals surface area contributed by atoms with Crippen LogP contribution in [-0.4, -0.2) is 77.7 Å². The van der Waals surface area contributed by atoms with E-state index in [1.165, 1.54) is 0 Å². The summed E-state index contributed by atoms with van der Waals surface area (Å²) in [5.41, 5.74) is 0.455. The number of carbonyl (C=O) groups excluding carboxylic acids is 1. The van der Waals surface area contributed by atoms with Crippen LogP contribution in [0.5, 0.6) is 0 Å². The average Bonchev–Trinajstić information content (AvgIpc) is 2.74. The van der Waals surface area contributed by atoms with Crippen molar-refractivity contribution in [3.8, 4) is 0 Å². The lowest BCUT2D eigenvalue weighted by molar-refractivity contribution is 0.0232. The van der Waals surface area contributed by atoms with Gasteiger partial charge in [-0.15, -0.1) is 0 Å². The van der Waals surface area contributed by atoms with Crippen molar-refractivity contribution in [3.05, 3.63) is 30.1 Å². The Morgan fingerprint density at radius 3 is 2.62 bits per heavy atom. The van der Waals surface area contributed by atoms with Crippen molar-refractivity contribution < 1.29 is 9.53 Å². The number of aliphatic imine (C=N–C) groups is 1. The smallest absolute Gasteiger partial charge is 0.410 e. The average molecular weight is 447 g/mol. The van der Waals surface area contributed by atoms with E-state index in [-0.39, 0.29) is 6.09 Å². The molecule has 0 radical (unpaired) electrons. The van der Waals surface area contributed by atoms with Crippen LogP contribution in [0.1, 0.15) is 59.4 Å². The van der Waals surface area contributed by atoms with Crippen molar-refractivity contribution in [2.75, 3.05) is 33.2 Å². The van der Waals surface area contributed by atoms with Crippen molar-refractivity contribution >= 4 is 12.1 Å². The molecule has 1 aliphatic rings. The summed E-state index contributed by atoms with van der Waals surface area (Å²) in [5, 5.41) is 6.94. The number of nitrogens with zero attached hydrogens (tertiary/aromatic N) is 4. The van der Waals surface area contributed by atoms with Crippen LogP contribution in [0, 0.1) is 0 Å². The van der Waals surface area contributed by atoms with Gasteiger partial charge in [0.15, 0.2) is 5.96 Å². The van der Waals surface area contributed by atoms with Crippen molar-refractivity contribution in [1.29, 1.82) is 0 Å². The van der Waals surface area contributed by atoms with Gasteiger partial charge in [-0.3, -0.25) is 9.98 Å². The third-order valence-corrected chi connectivity index (χ3v) is 5.47. The molecule has 0 unspecified atom stereocenters. The van der Waals surface area contributed by atoms with Gasteiger partial charge in [0.1, 0.15) is 5.60 Å². The van der Waals surface area contributed by atoms with Crippen molar-refractivity contribution in [1.82, 2.24) is 25.4 Å². The Morgan fingerprint density at radius 1 is 1.34 bits per heavy atom. The summed E-state index contributed by atoms with van der Waals surface area (Å²) < 4.78 is 5.60. The molecule has 0 spiro atoms. The van der Waals surface area contributed by atoms with E-state index in [0.717, 1.165) is 50.4 Å². The fourth-order valence-electron chi connectivity index (χ4n) is 3.70. The molecule has 1 aliphatic heterocycles. The molecule has 8 nitrogen and oxygen atoms in total. The van der Waals surface area contributed by atoms with Crippen molar-refractivity contribution in [2.24, 2.45) is 4.99 Å². The highest BCUT2D eigenvalue weighted by Gasteiger charge is 2.23. The van der Waals surface area contributed by atoms with Crippen LogP contribution < -0.4 is 10.6 Å². The summed E-state index contributed by atoms with van der Waals surface area (Å²) in [6, 6.07) is 4.90. The molecule has 0 aliphatic carbocycles. The van der Waals surface area contributed by atoms with Gasteiger partial charge in [-0.2, -0.15) is 0 Å². The molecule has 1 saturated heterocycles. The standard InChI is InChI=1S/C24H42N6O2/c1-19(2)29-15-10-21(11-16-29)28-22(25-6)27-13-8-14-30(23(31)32-24(3,4)5)18-20-9-7-12-26-17-20/h7,9,12,17,19,21H,8,10-11,13-16,18H2,1-6H3,(H2,25,27,28). The van der Waals surface area contributed by atoms with Crippen LogP contribution in [0.2, 0.25) is 0 Å². The van der Waals surface area contributed by atoms with E-state index in [9.17, 15) is 4.79 Å². The zero-order valence-electron chi connectivity index (χ0n) is 20.7. The summed E-state index contributed by atoms with van der Waals surface area (Å²) in [5.74, 6) is 0.823. The number of pyridine rings is 1. The molecule has 1 aromatic rings. The molecule has 0 atom stereocenters. The Hall–Kier alpha value is -2.35. The van der Waals surface area contributed by atoms with Gasteiger partial charge in [0, 0.05) is 57.7 Å². The number of likely N-dealkylation sites (tertiary alicyclic amines) is 1. The lowest BCUT2D eigenvalue weighted by atomic mass is 10.0. The molecule has 1 amide bonds. The van der Waals surface area contributed by atoms with E-state index < -0.39 is 5.60 Å². The lowest BCUT2D eigenvalue weighted by Crippen LogP contribution is -2.50. The van der Waals surface area contributed by atoms with Gasteiger partial charge in [-0.05, 0) is 65.5 Å². The van der Waals surface area contributed by atoms with Gasteiger partial charge >= 0.3 is 6.09 Å². The Kier molecular flexibility index (Phi) is 10.2. The van der Waals surface area contributed by atoms with Crippen LogP contribution in [0.25, 0.3) is 0 Å². The number of guanidine groups is 1. The lowest BCUT2D eigenvalue weighted by Gasteiger charge is -2.35. The number of carbonyl (C=O) groups is 1. The highest BCUT2D eigenvalue weighted by atomic mass is 16.6. The van der Waals surface area contributed by atoms with Crippen molar-refractivity contribution in [3.63, 3.8) is 0 Å². The van der Waals surface area contributed by atoms with Gasteiger partial charge in [-0.25, -0.2) is 4.79 Å². The molecule has 180 valence electrons. The third-order valence-electron chi connectivity index (χ3n) is 5.47. The van der Waals surface area contributed by atoms with E-state index in [4.69, 9.17) is 4.74 Å². The van der Waals surface area contributed by atoms with Crippen LogP contribution in [0.15, 0.2) is 29.5 Å². The largest absolute Gasteiger partial charge is 0.444 e. The number of rotatable bonds is 8. The topological polar surface area (TPSA) is 82.1 Å². The summed E-state index contributed by atoms with van der Waals surface area (Å²) >= 11 is 0. The molecule has 1 aromatic heterocycles. The number of hydrogen-bond donors (Lipinski definition) is 2. The minimum atomic E-state index is -0.528. The molecule has 0 aromatic carbocycles. The molecule has 1 fully saturated rings. The fourth-order valence-corrected chi connectivity index (χ4v) is 3.70. The molecule has 0 bridgehead atoms.